The summed E-state index contributed by atoms with van der Waals surface area (Å²) in [7, 11) is 0. The molecule has 2 N–H and O–H groups in total. The van der Waals surface area contributed by atoms with Crippen molar-refractivity contribution < 1.29 is 28.4 Å². The Labute approximate surface area is 358 Å². The number of ether oxygens (including phenoxy) is 6. The Bertz CT molecular complexity index is 1700. The molecule has 0 radical (unpaired) electrons. The van der Waals surface area contributed by atoms with E-state index in [-0.39, 0.29) is 0 Å². The zero-order valence-electron chi connectivity index (χ0n) is 38.0. The highest BCUT2D eigenvalue weighted by atomic mass is 16.5. The molecule has 0 aliphatic rings. The number of nitrogens with two attached hydrogens (primary N) is 1. The van der Waals surface area contributed by atoms with Crippen LogP contribution in [0.15, 0.2) is 36.4 Å². The van der Waals surface area contributed by atoms with Crippen molar-refractivity contribution in [3.05, 3.63) is 36.4 Å². The summed E-state index contributed by atoms with van der Waals surface area (Å²) in [5.41, 5.74) is 5.87. The maximum atomic E-state index is 6.63. The molecule has 0 aliphatic carbocycles. The van der Waals surface area contributed by atoms with Gasteiger partial charge in [-0.15, -0.1) is 0 Å². The highest BCUT2D eigenvalue weighted by molar-refractivity contribution is 6.26. The van der Waals surface area contributed by atoms with Crippen molar-refractivity contribution in [2.24, 2.45) is 5.73 Å². The van der Waals surface area contributed by atoms with Crippen molar-refractivity contribution in [3.8, 4) is 34.5 Å². The Kier molecular flexibility index (Phi) is 23.5. The van der Waals surface area contributed by atoms with Crippen LogP contribution in [0.2, 0.25) is 0 Å². The SMILES string of the molecule is CCCCCCOc1cc2c(cc1OCCCCN)c1cc(OCCCCCC)c(OCCCCCC)cc1c1cc(OCCCCCC)c(OCCCCCC)cc21. The van der Waals surface area contributed by atoms with Crippen molar-refractivity contribution in [3.63, 3.8) is 0 Å². The summed E-state index contributed by atoms with van der Waals surface area (Å²) in [4.78, 5) is 0. The number of unbranched alkanes of at least 4 members (excludes halogenated alkanes) is 16. The summed E-state index contributed by atoms with van der Waals surface area (Å²) in [6, 6.07) is 13.3. The lowest BCUT2D eigenvalue weighted by Crippen LogP contribution is -2.06. The van der Waals surface area contributed by atoms with Gasteiger partial charge < -0.3 is 34.2 Å². The second-order valence-electron chi connectivity index (χ2n) is 16.4. The average Bonchev–Trinajstić information content (AvgIpc) is 3.25. The van der Waals surface area contributed by atoms with Gasteiger partial charge in [-0.3, -0.25) is 0 Å². The van der Waals surface area contributed by atoms with E-state index in [1.165, 1.54) is 64.2 Å². The fourth-order valence-electron chi connectivity index (χ4n) is 7.68. The number of hydrogen-bond acceptors (Lipinski definition) is 7. The second kappa shape index (κ2) is 28.8. The molecule has 0 aromatic heterocycles. The van der Waals surface area contributed by atoms with Crippen molar-refractivity contribution in [1.29, 1.82) is 0 Å². The van der Waals surface area contributed by atoms with Crippen molar-refractivity contribution in [2.45, 2.75) is 176 Å². The lowest BCUT2D eigenvalue weighted by molar-refractivity contribution is 0.259. The summed E-state index contributed by atoms with van der Waals surface area (Å²) >= 11 is 0. The van der Waals surface area contributed by atoms with E-state index < -0.39 is 0 Å². The molecule has 7 heteroatoms. The van der Waals surface area contributed by atoms with Crippen LogP contribution in [0.4, 0.5) is 0 Å². The molecule has 0 amide bonds. The molecule has 0 saturated heterocycles. The van der Waals surface area contributed by atoms with Crippen LogP contribution in [0.25, 0.3) is 32.3 Å². The number of hydrogen-bond donors (Lipinski definition) is 1. The molecule has 0 spiro atoms. The summed E-state index contributed by atoms with van der Waals surface area (Å²) in [5, 5.41) is 6.58. The van der Waals surface area contributed by atoms with E-state index >= 15 is 0 Å². The monoisotopic (exact) mass is 816 g/mol. The first-order valence-corrected chi connectivity index (χ1v) is 24.1. The molecule has 7 nitrogen and oxygen atoms in total. The van der Waals surface area contributed by atoms with Gasteiger partial charge in [0.05, 0.1) is 39.6 Å². The van der Waals surface area contributed by atoms with Crippen molar-refractivity contribution >= 4 is 32.3 Å². The largest absolute Gasteiger partial charge is 0.490 e. The highest BCUT2D eigenvalue weighted by Gasteiger charge is 2.21. The van der Waals surface area contributed by atoms with Gasteiger partial charge in [-0.05, 0) is 120 Å². The molecule has 0 saturated carbocycles. The van der Waals surface area contributed by atoms with Gasteiger partial charge in [0.1, 0.15) is 0 Å². The van der Waals surface area contributed by atoms with E-state index in [0.29, 0.717) is 46.2 Å². The minimum Gasteiger partial charge on any atom is -0.490 e. The molecule has 0 fully saturated rings. The molecular formula is C52H81NO6. The first kappa shape index (κ1) is 48.1. The van der Waals surface area contributed by atoms with Gasteiger partial charge in [0.2, 0.25) is 0 Å². The Morgan fingerprint density at radius 1 is 0.271 bits per heavy atom. The van der Waals surface area contributed by atoms with Crippen LogP contribution in [0.5, 0.6) is 34.5 Å². The maximum Gasteiger partial charge on any atom is 0.161 e. The van der Waals surface area contributed by atoms with Gasteiger partial charge in [-0.25, -0.2) is 0 Å². The van der Waals surface area contributed by atoms with Crippen LogP contribution in [0.3, 0.4) is 0 Å². The molecule has 0 heterocycles. The van der Waals surface area contributed by atoms with Crippen molar-refractivity contribution in [1.82, 2.24) is 0 Å². The van der Waals surface area contributed by atoms with Crippen LogP contribution in [-0.4, -0.2) is 46.2 Å². The van der Waals surface area contributed by atoms with Gasteiger partial charge in [0.25, 0.3) is 0 Å². The quantitative estimate of drug-likeness (QED) is 0.0366. The Morgan fingerprint density at radius 3 is 0.627 bits per heavy atom. The number of fused-ring (bicyclic) bond motifs is 6. The Hall–Kier alpha value is -3.58. The maximum absolute atomic E-state index is 6.63. The molecule has 330 valence electrons. The van der Waals surface area contributed by atoms with Crippen LogP contribution in [0, 0.1) is 0 Å². The van der Waals surface area contributed by atoms with Crippen LogP contribution < -0.4 is 34.2 Å². The Morgan fingerprint density at radius 2 is 0.458 bits per heavy atom. The van der Waals surface area contributed by atoms with Gasteiger partial charge in [0, 0.05) is 0 Å². The lowest BCUT2D eigenvalue weighted by atomic mass is 9.93. The molecule has 0 aliphatic heterocycles. The predicted molar refractivity (Wildman–Crippen MR) is 251 cm³/mol. The standard InChI is InChI=1S/C52H81NO6/c1-6-11-16-22-29-54-47-35-41-42-36-48(55-30-23-17-12-7-2)50(57-32-25-19-14-9-4)38-44(42)46-40-52(59-34-27-21-28-53)51(58-33-26-20-15-10-5)39-45(46)43(41)37-49(47)56-31-24-18-13-8-3/h35-40H,6-34,53H2,1-5H3. The third-order valence-corrected chi connectivity index (χ3v) is 11.3. The average molecular weight is 816 g/mol. The Balaban J connectivity index is 1.96. The van der Waals surface area contributed by atoms with Crippen LogP contribution >= 0.6 is 0 Å². The fraction of sp³-hybridized carbons (Fsp3) is 0.654. The summed E-state index contributed by atoms with van der Waals surface area (Å²) in [5.74, 6) is 4.74. The first-order valence-electron chi connectivity index (χ1n) is 24.1. The second-order valence-corrected chi connectivity index (χ2v) is 16.4. The molecule has 4 aromatic carbocycles. The molecule has 0 atom stereocenters. The van der Waals surface area contributed by atoms with Crippen LogP contribution in [0.1, 0.15) is 176 Å². The fourth-order valence-corrected chi connectivity index (χ4v) is 7.68. The molecule has 0 bridgehead atoms. The smallest absolute Gasteiger partial charge is 0.161 e. The number of rotatable bonds is 35. The van der Waals surface area contributed by atoms with Gasteiger partial charge >= 0.3 is 0 Å². The summed E-state index contributed by atoms with van der Waals surface area (Å²) in [6.45, 7) is 15.7. The third-order valence-electron chi connectivity index (χ3n) is 11.3. The molecular weight excluding hydrogens is 735 g/mol. The van der Waals surface area contributed by atoms with Gasteiger partial charge in [0.15, 0.2) is 34.5 Å². The minimum absolute atomic E-state index is 0.581. The molecule has 4 aromatic rings. The lowest BCUT2D eigenvalue weighted by Gasteiger charge is -2.21. The molecule has 59 heavy (non-hydrogen) atoms. The van der Waals surface area contributed by atoms with E-state index in [1.807, 2.05) is 0 Å². The van der Waals surface area contributed by atoms with Crippen molar-refractivity contribution in [2.75, 3.05) is 46.2 Å². The first-order chi connectivity index (χ1) is 29.1. The molecule has 0 unspecified atom stereocenters. The van der Waals surface area contributed by atoms with Gasteiger partial charge in [-0.1, -0.05) is 131 Å². The topological polar surface area (TPSA) is 81.4 Å². The summed E-state index contributed by atoms with van der Waals surface area (Å²) in [6.07, 6.45) is 24.7. The van der Waals surface area contributed by atoms with E-state index in [0.717, 1.165) is 144 Å². The van der Waals surface area contributed by atoms with Crippen LogP contribution in [-0.2, 0) is 0 Å². The predicted octanol–water partition coefficient (Wildman–Crippen LogP) is 15.1. The third kappa shape index (κ3) is 15.8. The minimum atomic E-state index is 0.581. The normalized spacial score (nSPS) is 11.5. The van der Waals surface area contributed by atoms with E-state index in [9.17, 15) is 0 Å². The highest BCUT2D eigenvalue weighted by Crippen LogP contribution is 2.47. The van der Waals surface area contributed by atoms with Gasteiger partial charge in [-0.2, -0.15) is 0 Å². The summed E-state index contributed by atoms with van der Waals surface area (Å²) < 4.78 is 39.7. The number of benzene rings is 4. The zero-order valence-corrected chi connectivity index (χ0v) is 38.0. The molecule has 4 rings (SSSR count). The van der Waals surface area contributed by atoms with E-state index in [4.69, 9.17) is 34.2 Å². The van der Waals surface area contributed by atoms with E-state index in [2.05, 4.69) is 71.0 Å². The van der Waals surface area contributed by atoms with E-state index in [1.54, 1.807) is 0 Å². The zero-order chi connectivity index (χ0) is 41.9.